The van der Waals surface area contributed by atoms with Crippen LogP contribution in [0.2, 0.25) is 4.34 Å². The van der Waals surface area contributed by atoms with Crippen LogP contribution in [0.4, 0.5) is 0 Å². The zero-order valence-corrected chi connectivity index (χ0v) is 12.8. The molecule has 6 heteroatoms. The van der Waals surface area contributed by atoms with Crippen molar-refractivity contribution >= 4 is 50.6 Å². The Morgan fingerprint density at radius 2 is 2.19 bits per heavy atom. The summed E-state index contributed by atoms with van der Waals surface area (Å²) in [6.45, 7) is 2.91. The summed E-state index contributed by atoms with van der Waals surface area (Å²) >= 11 is 13.2. The van der Waals surface area contributed by atoms with Crippen LogP contribution in [0.3, 0.4) is 0 Å². The lowest BCUT2D eigenvalue weighted by atomic mass is 10.2. The van der Waals surface area contributed by atoms with Gasteiger partial charge in [-0.2, -0.15) is 11.8 Å². The molecule has 0 saturated carbocycles. The standard InChI is InChI=1S/C10H14BrClN2S2/c11-7-5-9(16-10(7)12)8(6-13)14-1-3-15-4-2-14/h5,8H,1-4,6,13H2. The van der Waals surface area contributed by atoms with Gasteiger partial charge >= 0.3 is 0 Å². The predicted molar refractivity (Wildman–Crippen MR) is 77.7 cm³/mol. The van der Waals surface area contributed by atoms with Gasteiger partial charge in [0.2, 0.25) is 0 Å². The lowest BCUT2D eigenvalue weighted by Gasteiger charge is -2.32. The Bertz CT molecular complexity index is 333. The normalized spacial score (nSPS) is 19.9. The largest absolute Gasteiger partial charge is 0.329 e. The molecule has 1 saturated heterocycles. The van der Waals surface area contributed by atoms with Gasteiger partial charge in [0.05, 0.1) is 6.04 Å². The van der Waals surface area contributed by atoms with Gasteiger partial charge in [-0.3, -0.25) is 4.90 Å². The SMILES string of the molecule is NCC(c1cc(Br)c(Cl)s1)N1CCSCC1. The van der Waals surface area contributed by atoms with Crippen LogP contribution in [0.15, 0.2) is 10.5 Å². The van der Waals surface area contributed by atoms with Crippen molar-refractivity contribution in [3.05, 3.63) is 19.8 Å². The average molecular weight is 342 g/mol. The lowest BCUT2D eigenvalue weighted by Crippen LogP contribution is -2.39. The molecule has 1 aromatic rings. The summed E-state index contributed by atoms with van der Waals surface area (Å²) in [5.41, 5.74) is 5.89. The summed E-state index contributed by atoms with van der Waals surface area (Å²) in [5, 5.41) is 0. The van der Waals surface area contributed by atoms with Gasteiger partial charge in [0.15, 0.2) is 0 Å². The molecule has 0 amide bonds. The van der Waals surface area contributed by atoms with Crippen LogP contribution in [-0.2, 0) is 0 Å². The topological polar surface area (TPSA) is 29.3 Å². The van der Waals surface area contributed by atoms with Gasteiger partial charge < -0.3 is 5.73 Å². The first-order valence-electron chi connectivity index (χ1n) is 5.19. The summed E-state index contributed by atoms with van der Waals surface area (Å²) in [7, 11) is 0. The van der Waals surface area contributed by atoms with Gasteiger partial charge in [-0.25, -0.2) is 0 Å². The molecule has 0 bridgehead atoms. The van der Waals surface area contributed by atoms with E-state index in [0.29, 0.717) is 12.6 Å². The summed E-state index contributed by atoms with van der Waals surface area (Å²) in [4.78, 5) is 3.73. The second kappa shape index (κ2) is 6.07. The third-order valence-corrected chi connectivity index (χ3v) is 6.22. The summed E-state index contributed by atoms with van der Waals surface area (Å²) < 4.78 is 1.80. The third kappa shape index (κ3) is 2.94. The smallest absolute Gasteiger partial charge is 0.107 e. The highest BCUT2D eigenvalue weighted by Crippen LogP contribution is 2.37. The predicted octanol–water partition coefficient (Wildman–Crippen LogP) is 3.21. The number of hydrogen-bond acceptors (Lipinski definition) is 4. The van der Waals surface area contributed by atoms with E-state index in [2.05, 4.69) is 26.9 Å². The molecule has 2 nitrogen and oxygen atoms in total. The van der Waals surface area contributed by atoms with E-state index < -0.39 is 0 Å². The molecule has 0 aromatic carbocycles. The van der Waals surface area contributed by atoms with Crippen LogP contribution >= 0.6 is 50.6 Å². The number of thiophene rings is 1. The Morgan fingerprint density at radius 3 is 2.69 bits per heavy atom. The molecular weight excluding hydrogens is 328 g/mol. The van der Waals surface area contributed by atoms with Crippen molar-refractivity contribution in [1.29, 1.82) is 0 Å². The van der Waals surface area contributed by atoms with Crippen LogP contribution in [0.25, 0.3) is 0 Å². The van der Waals surface area contributed by atoms with E-state index >= 15 is 0 Å². The zero-order valence-electron chi connectivity index (χ0n) is 8.79. The zero-order chi connectivity index (χ0) is 11.5. The quantitative estimate of drug-likeness (QED) is 0.915. The van der Waals surface area contributed by atoms with E-state index in [9.17, 15) is 0 Å². The van der Waals surface area contributed by atoms with Crippen LogP contribution in [0, 0.1) is 0 Å². The van der Waals surface area contributed by atoms with E-state index in [4.69, 9.17) is 17.3 Å². The molecule has 1 fully saturated rings. The number of nitrogens with two attached hydrogens (primary N) is 1. The van der Waals surface area contributed by atoms with Gasteiger partial charge in [0.1, 0.15) is 4.34 Å². The Kier molecular flexibility index (Phi) is 5.00. The maximum atomic E-state index is 6.08. The Labute approximate surface area is 118 Å². The van der Waals surface area contributed by atoms with Crippen molar-refractivity contribution in [3.63, 3.8) is 0 Å². The number of hydrogen-bond donors (Lipinski definition) is 1. The summed E-state index contributed by atoms with van der Waals surface area (Å²) in [5.74, 6) is 2.41. The highest BCUT2D eigenvalue weighted by molar-refractivity contribution is 9.10. The van der Waals surface area contributed by atoms with Gasteiger partial charge in [-0.15, -0.1) is 11.3 Å². The molecule has 90 valence electrons. The number of rotatable bonds is 3. The molecule has 16 heavy (non-hydrogen) atoms. The molecule has 0 radical (unpaired) electrons. The first kappa shape index (κ1) is 13.2. The van der Waals surface area contributed by atoms with Crippen molar-refractivity contribution in [3.8, 4) is 0 Å². The van der Waals surface area contributed by atoms with Crippen molar-refractivity contribution in [1.82, 2.24) is 4.90 Å². The lowest BCUT2D eigenvalue weighted by molar-refractivity contribution is 0.226. The minimum absolute atomic E-state index is 0.328. The van der Waals surface area contributed by atoms with Gasteiger partial charge in [-0.1, -0.05) is 11.6 Å². The maximum Gasteiger partial charge on any atom is 0.107 e. The first-order valence-corrected chi connectivity index (χ1v) is 8.33. The van der Waals surface area contributed by atoms with Crippen molar-refractivity contribution in [2.75, 3.05) is 31.1 Å². The van der Waals surface area contributed by atoms with Gasteiger partial charge in [0, 0.05) is 40.5 Å². The van der Waals surface area contributed by atoms with Crippen LogP contribution in [0.1, 0.15) is 10.9 Å². The number of nitrogens with zero attached hydrogens (tertiary/aromatic N) is 1. The minimum atomic E-state index is 0.328. The van der Waals surface area contributed by atoms with E-state index in [1.165, 1.54) is 16.4 Å². The molecular formula is C10H14BrClN2S2. The van der Waals surface area contributed by atoms with Crippen LogP contribution in [0.5, 0.6) is 0 Å². The van der Waals surface area contributed by atoms with E-state index in [1.54, 1.807) is 11.3 Å². The van der Waals surface area contributed by atoms with E-state index in [-0.39, 0.29) is 0 Å². The third-order valence-electron chi connectivity index (χ3n) is 2.70. The molecule has 1 aromatic heterocycles. The van der Waals surface area contributed by atoms with Crippen molar-refractivity contribution in [2.24, 2.45) is 5.73 Å². The highest BCUT2D eigenvalue weighted by atomic mass is 79.9. The van der Waals surface area contributed by atoms with E-state index in [0.717, 1.165) is 21.9 Å². The summed E-state index contributed by atoms with van der Waals surface area (Å²) in [6.07, 6.45) is 0. The Hall–Kier alpha value is 0.740. The molecule has 2 rings (SSSR count). The van der Waals surface area contributed by atoms with Gasteiger partial charge in [-0.05, 0) is 22.0 Å². The number of halogens is 2. The van der Waals surface area contributed by atoms with E-state index in [1.807, 2.05) is 11.8 Å². The van der Waals surface area contributed by atoms with Crippen LogP contribution in [-0.4, -0.2) is 36.0 Å². The summed E-state index contributed by atoms with van der Waals surface area (Å²) in [6, 6.07) is 2.43. The second-order valence-electron chi connectivity index (χ2n) is 3.67. The Morgan fingerprint density at radius 1 is 1.50 bits per heavy atom. The fourth-order valence-corrected chi connectivity index (χ4v) is 4.68. The molecule has 1 aliphatic heterocycles. The molecule has 1 atom stereocenters. The fraction of sp³-hybridized carbons (Fsp3) is 0.600. The minimum Gasteiger partial charge on any atom is -0.329 e. The molecule has 2 N–H and O–H groups in total. The molecule has 1 unspecified atom stereocenters. The van der Waals surface area contributed by atoms with Crippen LogP contribution < -0.4 is 5.73 Å². The number of thioether (sulfide) groups is 1. The van der Waals surface area contributed by atoms with Crippen molar-refractivity contribution in [2.45, 2.75) is 6.04 Å². The Balaban J connectivity index is 2.14. The van der Waals surface area contributed by atoms with Gasteiger partial charge in [0.25, 0.3) is 0 Å². The molecule has 2 heterocycles. The monoisotopic (exact) mass is 340 g/mol. The fourth-order valence-electron chi connectivity index (χ4n) is 1.86. The maximum absolute atomic E-state index is 6.08. The molecule has 0 spiro atoms. The average Bonchev–Trinajstić information content (AvgIpc) is 2.61. The van der Waals surface area contributed by atoms with Crippen molar-refractivity contribution < 1.29 is 0 Å². The molecule has 1 aliphatic rings. The second-order valence-corrected chi connectivity index (χ2v) is 7.44. The molecule has 0 aliphatic carbocycles. The first-order chi connectivity index (χ1) is 7.72. The highest BCUT2D eigenvalue weighted by Gasteiger charge is 2.23.